The molecule has 18 heavy (non-hydrogen) atoms. The summed E-state index contributed by atoms with van der Waals surface area (Å²) in [6, 6.07) is 0. The average molecular weight is 261 g/mol. The Balaban J connectivity index is 1.77. The zero-order valence-electron chi connectivity index (χ0n) is 10.2. The van der Waals surface area contributed by atoms with Crippen LogP contribution in [-0.4, -0.2) is 31.4 Å². The van der Waals surface area contributed by atoms with E-state index < -0.39 is 0 Å². The summed E-state index contributed by atoms with van der Waals surface area (Å²) < 4.78 is 0.574. The van der Waals surface area contributed by atoms with Crippen LogP contribution >= 0.6 is 12.2 Å². The van der Waals surface area contributed by atoms with Crippen LogP contribution in [0.25, 0.3) is 0 Å². The molecule has 0 fully saturated rings. The van der Waals surface area contributed by atoms with Gasteiger partial charge >= 0.3 is 0 Å². The van der Waals surface area contributed by atoms with Gasteiger partial charge in [0.25, 0.3) is 0 Å². The smallest absolute Gasteiger partial charge is 0.196 e. The Kier molecular flexibility index (Phi) is 2.97. The molecule has 94 valence electrons. The molecule has 3 heterocycles. The molecule has 6 heteroatoms. The maximum atomic E-state index is 5.04. The van der Waals surface area contributed by atoms with Gasteiger partial charge in [0.1, 0.15) is 0 Å². The molecule has 0 amide bonds. The highest BCUT2D eigenvalue weighted by Gasteiger charge is 2.18. The Morgan fingerprint density at radius 2 is 2.33 bits per heavy atom. The van der Waals surface area contributed by atoms with Crippen LogP contribution in [0.1, 0.15) is 22.6 Å². The number of hydrogen-bond acceptors (Lipinski definition) is 4. The predicted molar refractivity (Wildman–Crippen MR) is 70.6 cm³/mol. The number of aromatic amines is 2. The van der Waals surface area contributed by atoms with Crippen molar-refractivity contribution in [1.29, 1.82) is 0 Å². The highest BCUT2D eigenvalue weighted by atomic mass is 32.1. The molecule has 0 unspecified atom stereocenters. The minimum Gasteiger partial charge on any atom is -0.348 e. The van der Waals surface area contributed by atoms with Crippen molar-refractivity contribution in [2.75, 3.05) is 6.54 Å². The minimum absolute atomic E-state index is 0.574. The highest BCUT2D eigenvalue weighted by Crippen LogP contribution is 2.18. The number of fused-ring (bicyclic) bond motifs is 1. The number of aromatic nitrogens is 4. The predicted octanol–water partition coefficient (Wildman–Crippen LogP) is 1.73. The molecular formula is C12H15N5S. The Morgan fingerprint density at radius 3 is 3.11 bits per heavy atom. The average Bonchev–Trinajstić information content (AvgIpc) is 2.75. The van der Waals surface area contributed by atoms with Crippen molar-refractivity contribution < 1.29 is 0 Å². The third kappa shape index (κ3) is 2.21. The summed E-state index contributed by atoms with van der Waals surface area (Å²) in [7, 11) is 0. The van der Waals surface area contributed by atoms with E-state index in [1.165, 1.54) is 11.3 Å². The zero-order valence-corrected chi connectivity index (χ0v) is 11.0. The van der Waals surface area contributed by atoms with Crippen LogP contribution in [0.15, 0.2) is 12.5 Å². The van der Waals surface area contributed by atoms with Crippen LogP contribution in [0.3, 0.4) is 0 Å². The van der Waals surface area contributed by atoms with Crippen molar-refractivity contribution in [3.63, 3.8) is 0 Å². The van der Waals surface area contributed by atoms with Crippen molar-refractivity contribution >= 4 is 12.2 Å². The summed E-state index contributed by atoms with van der Waals surface area (Å²) in [5.41, 5.74) is 4.73. The van der Waals surface area contributed by atoms with Crippen molar-refractivity contribution in [3.8, 4) is 0 Å². The molecule has 2 aromatic rings. The number of imidazole rings is 1. The summed E-state index contributed by atoms with van der Waals surface area (Å²) in [4.78, 5) is 17.2. The fourth-order valence-electron chi connectivity index (χ4n) is 2.30. The van der Waals surface area contributed by atoms with Gasteiger partial charge in [-0.25, -0.2) is 9.97 Å². The van der Waals surface area contributed by atoms with E-state index in [2.05, 4.69) is 31.8 Å². The zero-order chi connectivity index (χ0) is 12.5. The van der Waals surface area contributed by atoms with Crippen molar-refractivity contribution in [1.82, 2.24) is 24.8 Å². The van der Waals surface area contributed by atoms with Crippen LogP contribution in [-0.2, 0) is 19.5 Å². The SMILES string of the molecule is Cc1[nH]cnc1CN1CCc2[nH]c(=S)ncc2C1. The molecule has 0 spiro atoms. The molecule has 0 saturated carbocycles. The number of aryl methyl sites for hydroxylation is 1. The van der Waals surface area contributed by atoms with E-state index in [1.54, 1.807) is 6.33 Å². The quantitative estimate of drug-likeness (QED) is 0.808. The first-order valence-electron chi connectivity index (χ1n) is 6.00. The molecule has 3 rings (SSSR count). The Hall–Kier alpha value is -1.53. The first-order valence-corrected chi connectivity index (χ1v) is 6.41. The second kappa shape index (κ2) is 4.62. The van der Waals surface area contributed by atoms with Gasteiger partial charge in [0.15, 0.2) is 4.77 Å². The summed E-state index contributed by atoms with van der Waals surface area (Å²) in [6.07, 6.45) is 4.63. The molecule has 5 nitrogen and oxygen atoms in total. The molecule has 1 aliphatic heterocycles. The van der Waals surface area contributed by atoms with E-state index in [9.17, 15) is 0 Å². The van der Waals surface area contributed by atoms with Crippen LogP contribution in [0.4, 0.5) is 0 Å². The van der Waals surface area contributed by atoms with E-state index in [-0.39, 0.29) is 0 Å². The van der Waals surface area contributed by atoms with Crippen LogP contribution < -0.4 is 0 Å². The Labute approximate surface area is 110 Å². The van der Waals surface area contributed by atoms with Crippen LogP contribution in [0.5, 0.6) is 0 Å². The minimum atomic E-state index is 0.574. The molecule has 0 radical (unpaired) electrons. The van der Waals surface area contributed by atoms with Crippen molar-refractivity contribution in [2.24, 2.45) is 0 Å². The topological polar surface area (TPSA) is 60.6 Å². The van der Waals surface area contributed by atoms with Gasteiger partial charge in [0.05, 0.1) is 12.0 Å². The Morgan fingerprint density at radius 1 is 1.44 bits per heavy atom. The second-order valence-electron chi connectivity index (χ2n) is 4.63. The summed E-state index contributed by atoms with van der Waals surface area (Å²) in [5.74, 6) is 0. The normalized spacial score (nSPS) is 15.6. The van der Waals surface area contributed by atoms with Gasteiger partial charge in [0, 0.05) is 49.2 Å². The third-order valence-electron chi connectivity index (χ3n) is 3.36. The molecular weight excluding hydrogens is 246 g/mol. The largest absolute Gasteiger partial charge is 0.348 e. The van der Waals surface area contributed by atoms with E-state index in [4.69, 9.17) is 12.2 Å². The first-order chi connectivity index (χ1) is 8.72. The van der Waals surface area contributed by atoms with E-state index >= 15 is 0 Å². The number of nitrogens with one attached hydrogen (secondary N) is 2. The van der Waals surface area contributed by atoms with Gasteiger partial charge in [-0.2, -0.15) is 0 Å². The maximum Gasteiger partial charge on any atom is 0.196 e. The fraction of sp³-hybridized carbons (Fsp3) is 0.417. The summed E-state index contributed by atoms with van der Waals surface area (Å²) in [5, 5.41) is 0. The highest BCUT2D eigenvalue weighted by molar-refractivity contribution is 7.71. The second-order valence-corrected chi connectivity index (χ2v) is 5.01. The number of hydrogen-bond donors (Lipinski definition) is 2. The van der Waals surface area contributed by atoms with Crippen molar-refractivity contribution in [2.45, 2.75) is 26.4 Å². The molecule has 1 aliphatic rings. The number of H-pyrrole nitrogens is 2. The molecule has 2 aromatic heterocycles. The number of rotatable bonds is 2. The molecule has 0 saturated heterocycles. The van der Waals surface area contributed by atoms with E-state index in [1.807, 2.05) is 6.20 Å². The van der Waals surface area contributed by atoms with Gasteiger partial charge in [-0.05, 0) is 19.1 Å². The van der Waals surface area contributed by atoms with Gasteiger partial charge in [-0.3, -0.25) is 4.90 Å². The van der Waals surface area contributed by atoms with E-state index in [0.717, 1.165) is 37.4 Å². The summed E-state index contributed by atoms with van der Waals surface area (Å²) >= 11 is 5.04. The lowest BCUT2D eigenvalue weighted by atomic mass is 10.1. The fourth-order valence-corrected chi connectivity index (χ4v) is 2.47. The third-order valence-corrected chi connectivity index (χ3v) is 3.57. The standard InChI is InChI=1S/C12H15N5S/c1-8-11(15-7-14-8)6-17-3-2-10-9(5-17)4-13-12(18)16-10/h4,7H,2-3,5-6H2,1H3,(H,14,15)(H,13,16,18). The van der Waals surface area contributed by atoms with Crippen molar-refractivity contribution in [3.05, 3.63) is 39.9 Å². The lowest BCUT2D eigenvalue weighted by Gasteiger charge is -2.27. The van der Waals surface area contributed by atoms with Crippen LogP contribution in [0, 0.1) is 11.7 Å². The van der Waals surface area contributed by atoms with Gasteiger partial charge in [-0.15, -0.1) is 0 Å². The molecule has 0 aromatic carbocycles. The molecule has 2 N–H and O–H groups in total. The van der Waals surface area contributed by atoms with Gasteiger partial charge in [0.2, 0.25) is 0 Å². The maximum absolute atomic E-state index is 5.04. The summed E-state index contributed by atoms with van der Waals surface area (Å²) in [6.45, 7) is 4.86. The lowest BCUT2D eigenvalue weighted by molar-refractivity contribution is 0.239. The monoisotopic (exact) mass is 261 g/mol. The molecule has 0 bridgehead atoms. The van der Waals surface area contributed by atoms with Crippen LogP contribution in [0.2, 0.25) is 0 Å². The van der Waals surface area contributed by atoms with Gasteiger partial charge in [-0.1, -0.05) is 0 Å². The Bertz CT molecular complexity index is 615. The molecule has 0 atom stereocenters. The van der Waals surface area contributed by atoms with E-state index in [0.29, 0.717) is 4.77 Å². The molecule has 0 aliphatic carbocycles. The lowest BCUT2D eigenvalue weighted by Crippen LogP contribution is -2.31. The van der Waals surface area contributed by atoms with Gasteiger partial charge < -0.3 is 9.97 Å². The number of nitrogens with zero attached hydrogens (tertiary/aromatic N) is 3. The first kappa shape index (κ1) is 11.6.